The van der Waals surface area contributed by atoms with E-state index >= 15 is 0 Å². The van der Waals surface area contributed by atoms with Gasteiger partial charge in [-0.25, -0.2) is 0 Å². The zero-order valence-electron chi connectivity index (χ0n) is 21.2. The number of carbonyl (C=O) groups is 1. The first-order valence-corrected chi connectivity index (χ1v) is 12.0. The summed E-state index contributed by atoms with van der Waals surface area (Å²) in [5.41, 5.74) is 8.38. The lowest BCUT2D eigenvalue weighted by Crippen LogP contribution is -2.34. The molecule has 1 fully saturated rings. The van der Waals surface area contributed by atoms with E-state index in [9.17, 15) is 4.79 Å². The van der Waals surface area contributed by atoms with Crippen molar-refractivity contribution in [2.24, 2.45) is 5.73 Å². The topological polar surface area (TPSA) is 101 Å². The Hall–Kier alpha value is -2.45. The predicted molar refractivity (Wildman–Crippen MR) is 159 cm³/mol. The highest BCUT2D eigenvalue weighted by molar-refractivity contribution is 5.95. The Kier molecular flexibility index (Phi) is 17.5. The van der Waals surface area contributed by atoms with Crippen LogP contribution in [0.15, 0.2) is 54.6 Å². The molecule has 206 valence electrons. The van der Waals surface area contributed by atoms with E-state index in [1.54, 1.807) is 0 Å². The number of benzene rings is 2. The molecule has 0 saturated carbocycles. The van der Waals surface area contributed by atoms with E-state index in [0.29, 0.717) is 31.6 Å². The Morgan fingerprint density at radius 1 is 1.14 bits per heavy atom. The maximum atomic E-state index is 11.8. The molecule has 2 aromatic rings. The van der Waals surface area contributed by atoms with Crippen LogP contribution < -0.4 is 20.7 Å². The van der Waals surface area contributed by atoms with Crippen LogP contribution in [0, 0.1) is 5.41 Å². The van der Waals surface area contributed by atoms with Crippen molar-refractivity contribution < 1.29 is 14.3 Å². The van der Waals surface area contributed by atoms with Crippen molar-refractivity contribution in [3.8, 4) is 5.75 Å². The Bertz CT molecular complexity index is 968. The summed E-state index contributed by atoms with van der Waals surface area (Å²) in [5, 5.41) is 11.0. The fourth-order valence-corrected chi connectivity index (χ4v) is 3.94. The molecule has 0 amide bonds. The SMILES string of the molecule is CCOC(=O)CCCN(C/C=C/c1cccc(C(=N)N)c1)c1ccc(OC2CCNCC2)cc1.Cl.Cl.Cl. The molecule has 1 aliphatic rings. The standard InChI is InChI=1S/C27H36N4O3.3ClH/c1-2-33-26(32)9-5-19-31(18-4-7-21-6-3-8-22(20-21)27(28)29)23-10-12-24(13-11-23)34-25-14-16-30-17-15-25;;;/h3-4,6-8,10-13,20,25,30H,2,5,9,14-19H2,1H3,(H3,28,29);3*1H/b7-4+;;;. The number of nitrogens with zero attached hydrogens (tertiary/aromatic N) is 1. The number of piperidine rings is 1. The van der Waals surface area contributed by atoms with E-state index in [1.165, 1.54) is 0 Å². The van der Waals surface area contributed by atoms with Crippen molar-refractivity contribution in [3.05, 3.63) is 65.7 Å². The normalized spacial score (nSPS) is 13.0. The molecule has 1 aliphatic heterocycles. The first kappa shape index (κ1) is 34.6. The molecule has 0 atom stereocenters. The molecule has 3 rings (SSSR count). The lowest BCUT2D eigenvalue weighted by molar-refractivity contribution is -0.143. The van der Waals surface area contributed by atoms with Crippen LogP contribution in [0.5, 0.6) is 5.75 Å². The van der Waals surface area contributed by atoms with Crippen LogP contribution in [0.2, 0.25) is 0 Å². The second-order valence-electron chi connectivity index (χ2n) is 8.36. The average molecular weight is 574 g/mol. The van der Waals surface area contributed by atoms with Gasteiger partial charge in [-0.3, -0.25) is 10.2 Å². The van der Waals surface area contributed by atoms with E-state index in [4.69, 9.17) is 20.6 Å². The summed E-state index contributed by atoms with van der Waals surface area (Å²) in [7, 11) is 0. The number of nitrogens with two attached hydrogens (primary N) is 1. The van der Waals surface area contributed by atoms with Gasteiger partial charge in [0.15, 0.2) is 0 Å². The molecule has 2 aromatic carbocycles. The molecule has 10 heteroatoms. The predicted octanol–water partition coefficient (Wildman–Crippen LogP) is 5.23. The number of hydrogen-bond acceptors (Lipinski definition) is 6. The van der Waals surface area contributed by atoms with Gasteiger partial charge in [-0.1, -0.05) is 30.4 Å². The highest BCUT2D eigenvalue weighted by atomic mass is 35.5. The third-order valence-corrected chi connectivity index (χ3v) is 5.74. The number of halogens is 3. The van der Waals surface area contributed by atoms with Gasteiger partial charge in [0.25, 0.3) is 0 Å². The maximum absolute atomic E-state index is 11.8. The fraction of sp³-hybridized carbons (Fsp3) is 0.407. The zero-order valence-corrected chi connectivity index (χ0v) is 23.6. The molecule has 4 N–H and O–H groups in total. The highest BCUT2D eigenvalue weighted by Gasteiger charge is 2.15. The minimum Gasteiger partial charge on any atom is -0.490 e. The van der Waals surface area contributed by atoms with Crippen LogP contribution in [-0.4, -0.2) is 50.7 Å². The number of amidine groups is 1. The molecule has 0 bridgehead atoms. The number of esters is 1. The number of anilines is 1. The molecule has 0 aliphatic carbocycles. The third-order valence-electron chi connectivity index (χ3n) is 5.74. The molecule has 7 nitrogen and oxygen atoms in total. The van der Waals surface area contributed by atoms with Crippen molar-refractivity contribution in [2.45, 2.75) is 38.7 Å². The van der Waals surface area contributed by atoms with Crippen LogP contribution in [0.4, 0.5) is 5.69 Å². The van der Waals surface area contributed by atoms with Crippen molar-refractivity contribution in [1.82, 2.24) is 5.32 Å². The number of carbonyl (C=O) groups excluding carboxylic acids is 1. The number of rotatable bonds is 12. The van der Waals surface area contributed by atoms with E-state index in [-0.39, 0.29) is 55.1 Å². The number of nitrogen functional groups attached to an aromatic ring is 1. The Morgan fingerprint density at radius 3 is 2.49 bits per heavy atom. The molecular weight excluding hydrogens is 535 g/mol. The van der Waals surface area contributed by atoms with Gasteiger partial charge < -0.3 is 25.4 Å². The summed E-state index contributed by atoms with van der Waals surface area (Å²) in [5.74, 6) is 0.783. The van der Waals surface area contributed by atoms with E-state index in [1.807, 2.05) is 49.4 Å². The van der Waals surface area contributed by atoms with Crippen LogP contribution in [0.3, 0.4) is 0 Å². The first-order valence-electron chi connectivity index (χ1n) is 12.0. The largest absolute Gasteiger partial charge is 0.490 e. The second-order valence-corrected chi connectivity index (χ2v) is 8.36. The Balaban J connectivity index is 0.00000432. The van der Waals surface area contributed by atoms with Gasteiger partial charge in [0.1, 0.15) is 17.7 Å². The van der Waals surface area contributed by atoms with Crippen LogP contribution in [0.25, 0.3) is 6.08 Å². The third kappa shape index (κ3) is 12.1. The summed E-state index contributed by atoms with van der Waals surface area (Å²) < 4.78 is 11.2. The summed E-state index contributed by atoms with van der Waals surface area (Å²) in [6, 6.07) is 15.8. The monoisotopic (exact) mass is 572 g/mol. The number of ether oxygens (including phenoxy) is 2. The maximum Gasteiger partial charge on any atom is 0.305 e. The van der Waals surface area contributed by atoms with Crippen molar-refractivity contribution in [3.63, 3.8) is 0 Å². The summed E-state index contributed by atoms with van der Waals surface area (Å²) in [4.78, 5) is 14.0. The highest BCUT2D eigenvalue weighted by Crippen LogP contribution is 2.23. The first-order chi connectivity index (χ1) is 16.5. The molecule has 0 spiro atoms. The molecule has 1 saturated heterocycles. The number of nitrogens with one attached hydrogen (secondary N) is 2. The van der Waals surface area contributed by atoms with Gasteiger partial charge in [0.05, 0.1) is 6.61 Å². The van der Waals surface area contributed by atoms with Crippen molar-refractivity contribution in [2.75, 3.05) is 37.7 Å². The zero-order chi connectivity index (χ0) is 24.2. The van der Waals surface area contributed by atoms with Gasteiger partial charge in [-0.15, -0.1) is 37.2 Å². The van der Waals surface area contributed by atoms with Crippen molar-refractivity contribution >= 4 is 60.8 Å². The number of hydrogen-bond donors (Lipinski definition) is 3. The lowest BCUT2D eigenvalue weighted by Gasteiger charge is -2.25. The minimum absolute atomic E-state index is 0. The molecule has 37 heavy (non-hydrogen) atoms. The second kappa shape index (κ2) is 18.7. The van der Waals surface area contributed by atoms with Gasteiger partial charge in [-0.2, -0.15) is 0 Å². The molecular formula is C27H39Cl3N4O3. The van der Waals surface area contributed by atoms with Gasteiger partial charge in [0, 0.05) is 30.8 Å². The minimum atomic E-state index is -0.162. The smallest absolute Gasteiger partial charge is 0.305 e. The summed E-state index contributed by atoms with van der Waals surface area (Å²) in [6.45, 7) is 5.64. The van der Waals surface area contributed by atoms with Crippen LogP contribution in [0.1, 0.15) is 43.7 Å². The fourth-order valence-electron chi connectivity index (χ4n) is 3.94. The van der Waals surface area contributed by atoms with E-state index in [2.05, 4.69) is 28.4 Å². The van der Waals surface area contributed by atoms with E-state index < -0.39 is 0 Å². The van der Waals surface area contributed by atoms with E-state index in [0.717, 1.165) is 49.5 Å². The van der Waals surface area contributed by atoms with Crippen LogP contribution >= 0.6 is 37.2 Å². The van der Waals surface area contributed by atoms with Gasteiger partial charge in [-0.05, 0) is 75.2 Å². The summed E-state index contributed by atoms with van der Waals surface area (Å²) >= 11 is 0. The Morgan fingerprint density at radius 2 is 1.84 bits per heavy atom. The molecule has 0 unspecified atom stereocenters. The Labute approximate surface area is 238 Å². The summed E-state index contributed by atoms with van der Waals surface area (Å²) in [6.07, 6.45) is 7.53. The molecule has 1 heterocycles. The average Bonchev–Trinajstić information content (AvgIpc) is 2.85. The quantitative estimate of drug-likeness (QED) is 0.183. The lowest BCUT2D eigenvalue weighted by atomic mass is 10.1. The van der Waals surface area contributed by atoms with Crippen molar-refractivity contribution in [1.29, 1.82) is 5.41 Å². The molecule has 0 aromatic heterocycles. The molecule has 0 radical (unpaired) electrons. The van der Waals surface area contributed by atoms with Gasteiger partial charge in [0.2, 0.25) is 0 Å². The van der Waals surface area contributed by atoms with Crippen LogP contribution in [-0.2, 0) is 9.53 Å². The van der Waals surface area contributed by atoms with Gasteiger partial charge >= 0.3 is 5.97 Å².